The summed E-state index contributed by atoms with van der Waals surface area (Å²) in [6, 6.07) is 14.3. The minimum absolute atomic E-state index is 0.143. The topological polar surface area (TPSA) is 61.7 Å². The molecule has 2 aromatic rings. The number of oxime groups is 1. The number of benzene rings is 2. The van der Waals surface area contributed by atoms with Gasteiger partial charge in [-0.3, -0.25) is 4.79 Å². The predicted molar refractivity (Wildman–Crippen MR) is 84.2 cm³/mol. The van der Waals surface area contributed by atoms with Crippen molar-refractivity contribution in [1.82, 2.24) is 0 Å². The second kappa shape index (κ2) is 6.90. The highest BCUT2D eigenvalue weighted by Crippen LogP contribution is 2.17. The molecule has 0 unspecified atom stereocenters. The SMILES string of the molecule is C/C(=N\O)c1ccccc1NC(=O)Cc1ccc(Cl)cc1. The molecule has 0 aliphatic rings. The van der Waals surface area contributed by atoms with Gasteiger partial charge in [-0.2, -0.15) is 0 Å². The Morgan fingerprint density at radius 3 is 2.52 bits per heavy atom. The molecule has 5 heteroatoms. The van der Waals surface area contributed by atoms with Crippen LogP contribution in [0.15, 0.2) is 53.7 Å². The van der Waals surface area contributed by atoms with Crippen LogP contribution in [0.3, 0.4) is 0 Å². The van der Waals surface area contributed by atoms with Crippen LogP contribution in [0.5, 0.6) is 0 Å². The highest BCUT2D eigenvalue weighted by molar-refractivity contribution is 6.30. The van der Waals surface area contributed by atoms with Crippen molar-refractivity contribution < 1.29 is 10.0 Å². The van der Waals surface area contributed by atoms with Crippen LogP contribution in [0.4, 0.5) is 5.69 Å². The molecule has 0 aliphatic heterocycles. The van der Waals surface area contributed by atoms with Crippen molar-refractivity contribution in [2.45, 2.75) is 13.3 Å². The first-order valence-electron chi connectivity index (χ1n) is 6.42. The summed E-state index contributed by atoms with van der Waals surface area (Å²) in [5.41, 5.74) is 2.62. The Balaban J connectivity index is 2.11. The van der Waals surface area contributed by atoms with Crippen LogP contribution < -0.4 is 5.32 Å². The predicted octanol–water partition coefficient (Wildman–Crippen LogP) is 3.72. The van der Waals surface area contributed by atoms with E-state index in [0.29, 0.717) is 22.0 Å². The van der Waals surface area contributed by atoms with Gasteiger partial charge in [0.1, 0.15) is 0 Å². The fourth-order valence-electron chi connectivity index (χ4n) is 1.94. The van der Waals surface area contributed by atoms with E-state index >= 15 is 0 Å². The van der Waals surface area contributed by atoms with Crippen molar-refractivity contribution >= 4 is 28.9 Å². The highest BCUT2D eigenvalue weighted by atomic mass is 35.5. The Labute approximate surface area is 128 Å². The van der Waals surface area contributed by atoms with E-state index in [1.54, 1.807) is 31.2 Å². The lowest BCUT2D eigenvalue weighted by Gasteiger charge is -2.10. The Morgan fingerprint density at radius 1 is 1.19 bits per heavy atom. The van der Waals surface area contributed by atoms with Gasteiger partial charge >= 0.3 is 0 Å². The molecular formula is C16H15ClN2O2. The van der Waals surface area contributed by atoms with Crippen molar-refractivity contribution in [1.29, 1.82) is 0 Å². The van der Waals surface area contributed by atoms with Crippen molar-refractivity contribution in [3.8, 4) is 0 Å². The fraction of sp³-hybridized carbons (Fsp3) is 0.125. The molecule has 0 fully saturated rings. The lowest BCUT2D eigenvalue weighted by molar-refractivity contribution is -0.115. The third kappa shape index (κ3) is 4.07. The van der Waals surface area contributed by atoms with Crippen molar-refractivity contribution in [3.05, 3.63) is 64.7 Å². The number of anilines is 1. The summed E-state index contributed by atoms with van der Waals surface area (Å²) in [5.74, 6) is -0.143. The molecule has 0 saturated carbocycles. The lowest BCUT2D eigenvalue weighted by Crippen LogP contribution is -2.16. The molecule has 0 bridgehead atoms. The zero-order valence-corrected chi connectivity index (χ0v) is 12.3. The smallest absolute Gasteiger partial charge is 0.228 e. The average molecular weight is 303 g/mol. The monoisotopic (exact) mass is 302 g/mol. The van der Waals surface area contributed by atoms with E-state index in [1.165, 1.54) is 0 Å². The maximum Gasteiger partial charge on any atom is 0.228 e. The number of carbonyl (C=O) groups is 1. The zero-order chi connectivity index (χ0) is 15.2. The number of nitrogens with one attached hydrogen (secondary N) is 1. The van der Waals surface area contributed by atoms with E-state index < -0.39 is 0 Å². The molecule has 21 heavy (non-hydrogen) atoms. The standard InChI is InChI=1S/C16H15ClN2O2/c1-11(19-21)14-4-2-3-5-15(14)18-16(20)10-12-6-8-13(17)9-7-12/h2-9,21H,10H2,1H3,(H,18,20)/b19-11+. The molecule has 0 spiro atoms. The molecule has 0 aliphatic carbocycles. The summed E-state index contributed by atoms with van der Waals surface area (Å²) in [6.07, 6.45) is 0.251. The maximum absolute atomic E-state index is 12.1. The number of hydrogen-bond donors (Lipinski definition) is 2. The van der Waals surface area contributed by atoms with Crippen LogP contribution in [-0.4, -0.2) is 16.8 Å². The Bertz CT molecular complexity index is 666. The van der Waals surface area contributed by atoms with Gasteiger partial charge in [-0.05, 0) is 30.7 Å². The summed E-state index contributed by atoms with van der Waals surface area (Å²) in [4.78, 5) is 12.1. The van der Waals surface area contributed by atoms with Crippen LogP contribution in [0.2, 0.25) is 5.02 Å². The van der Waals surface area contributed by atoms with E-state index in [9.17, 15) is 4.79 Å². The maximum atomic E-state index is 12.1. The normalized spacial score (nSPS) is 11.2. The van der Waals surface area contributed by atoms with Gasteiger partial charge in [0.15, 0.2) is 0 Å². The molecule has 2 aromatic carbocycles. The van der Waals surface area contributed by atoms with Crippen LogP contribution in [0.1, 0.15) is 18.1 Å². The molecule has 0 heterocycles. The van der Waals surface area contributed by atoms with Crippen LogP contribution in [-0.2, 0) is 11.2 Å². The van der Waals surface area contributed by atoms with Gasteiger partial charge in [-0.25, -0.2) is 0 Å². The first kappa shape index (κ1) is 15.1. The summed E-state index contributed by atoms with van der Waals surface area (Å²) in [7, 11) is 0. The number of nitrogens with zero attached hydrogens (tertiary/aromatic N) is 1. The van der Waals surface area contributed by atoms with Gasteiger partial charge in [-0.1, -0.05) is 47.1 Å². The highest BCUT2D eigenvalue weighted by Gasteiger charge is 2.09. The van der Waals surface area contributed by atoms with E-state index in [2.05, 4.69) is 10.5 Å². The second-order valence-electron chi connectivity index (χ2n) is 4.58. The quantitative estimate of drug-likeness (QED) is 0.513. The van der Waals surface area contributed by atoms with E-state index in [-0.39, 0.29) is 12.3 Å². The Hall–Kier alpha value is -2.33. The molecule has 1 amide bonds. The van der Waals surface area contributed by atoms with E-state index in [1.807, 2.05) is 24.3 Å². The van der Waals surface area contributed by atoms with Gasteiger partial charge in [0.2, 0.25) is 5.91 Å². The minimum atomic E-state index is -0.143. The second-order valence-corrected chi connectivity index (χ2v) is 5.02. The van der Waals surface area contributed by atoms with Crippen LogP contribution in [0.25, 0.3) is 0 Å². The van der Waals surface area contributed by atoms with Crippen LogP contribution in [0, 0.1) is 0 Å². The van der Waals surface area contributed by atoms with Gasteiger partial charge in [-0.15, -0.1) is 0 Å². The van der Waals surface area contributed by atoms with Gasteiger partial charge in [0.25, 0.3) is 0 Å². The molecule has 0 radical (unpaired) electrons. The lowest BCUT2D eigenvalue weighted by atomic mass is 10.1. The fourth-order valence-corrected chi connectivity index (χ4v) is 2.07. The van der Waals surface area contributed by atoms with E-state index in [4.69, 9.17) is 16.8 Å². The minimum Gasteiger partial charge on any atom is -0.411 e. The molecule has 0 saturated heterocycles. The van der Waals surface area contributed by atoms with Crippen molar-refractivity contribution in [3.63, 3.8) is 0 Å². The molecular weight excluding hydrogens is 288 g/mol. The van der Waals surface area contributed by atoms with Crippen LogP contribution >= 0.6 is 11.6 Å². The molecule has 2 N–H and O–H groups in total. The number of rotatable bonds is 4. The van der Waals surface area contributed by atoms with E-state index in [0.717, 1.165) is 5.56 Å². The number of carbonyl (C=O) groups excluding carboxylic acids is 1. The zero-order valence-electron chi connectivity index (χ0n) is 11.5. The van der Waals surface area contributed by atoms with Gasteiger partial charge in [0.05, 0.1) is 12.1 Å². The molecule has 4 nitrogen and oxygen atoms in total. The first-order chi connectivity index (χ1) is 10.1. The summed E-state index contributed by atoms with van der Waals surface area (Å²) >= 11 is 5.81. The summed E-state index contributed by atoms with van der Waals surface area (Å²) in [5, 5.41) is 15.5. The molecule has 0 atom stereocenters. The number of hydrogen-bond acceptors (Lipinski definition) is 3. The third-order valence-corrected chi connectivity index (χ3v) is 3.27. The first-order valence-corrected chi connectivity index (χ1v) is 6.80. The van der Waals surface area contributed by atoms with Crippen molar-refractivity contribution in [2.75, 3.05) is 5.32 Å². The molecule has 0 aromatic heterocycles. The molecule has 108 valence electrons. The van der Waals surface area contributed by atoms with Gasteiger partial charge < -0.3 is 10.5 Å². The number of halogens is 1. The third-order valence-electron chi connectivity index (χ3n) is 3.02. The molecule has 2 rings (SSSR count). The largest absolute Gasteiger partial charge is 0.411 e. The number of para-hydroxylation sites is 1. The Kier molecular flexibility index (Phi) is 4.95. The summed E-state index contributed by atoms with van der Waals surface area (Å²) in [6.45, 7) is 1.67. The number of amides is 1. The average Bonchev–Trinajstić information content (AvgIpc) is 2.49. The Morgan fingerprint density at radius 2 is 1.86 bits per heavy atom. The van der Waals surface area contributed by atoms with Gasteiger partial charge in [0, 0.05) is 16.3 Å². The van der Waals surface area contributed by atoms with Crippen molar-refractivity contribution in [2.24, 2.45) is 5.16 Å². The summed E-state index contributed by atoms with van der Waals surface area (Å²) < 4.78 is 0.